The average Bonchev–Trinajstić information content (AvgIpc) is 0.722. The molecule has 0 fully saturated rings. The minimum absolute atomic E-state index is 0. The molecule has 6 heavy (non-hydrogen) atoms. The van der Waals surface area contributed by atoms with Gasteiger partial charge in [-0.15, -0.1) is 0 Å². The van der Waals surface area contributed by atoms with E-state index in [0.717, 1.165) is 0 Å². The van der Waals surface area contributed by atoms with Gasteiger partial charge in [0, 0.05) is 0 Å². The third kappa shape index (κ3) is 124. The summed E-state index contributed by atoms with van der Waals surface area (Å²) in [5, 5.41) is 0. The third-order valence-corrected chi connectivity index (χ3v) is 0. The van der Waals surface area contributed by atoms with Crippen molar-refractivity contribution < 1.29 is 48.1 Å². The Morgan fingerprint density at radius 3 is 1.17 bits per heavy atom. The topological polar surface area (TPSA) is 80.3 Å². The zero-order valence-electron chi connectivity index (χ0n) is 2.42. The van der Waals surface area contributed by atoms with Gasteiger partial charge in [0.1, 0.15) is 0 Å². The Labute approximate surface area is 48.4 Å². The Balaban J connectivity index is 0. The van der Waals surface area contributed by atoms with Gasteiger partial charge in [-0.25, -0.2) is 0 Å². The van der Waals surface area contributed by atoms with Gasteiger partial charge in [0.2, 0.25) is 0 Å². The quantitative estimate of drug-likeness (QED) is 0.459. The van der Waals surface area contributed by atoms with Gasteiger partial charge in [0.15, 0.2) is 0 Å². The van der Waals surface area contributed by atoms with Gasteiger partial charge in [-0.3, -0.25) is 0 Å². The molecule has 0 saturated carbocycles. The van der Waals surface area contributed by atoms with Gasteiger partial charge in [0.05, 0.1) is 0 Å². The monoisotopic (exact) mass is 303 g/mol. The molecule has 0 unspecified atom stereocenters. The molecule has 6 heteroatoms. The third-order valence-electron chi connectivity index (χ3n) is 0. The summed E-state index contributed by atoms with van der Waals surface area (Å²) >= 11 is -6.17. The second kappa shape index (κ2) is 2.83. The van der Waals surface area contributed by atoms with Gasteiger partial charge >= 0.3 is 48.1 Å². The SMILES string of the molecule is [Mn+2].[O]=[W](=[O])([O-])[O-]. The second-order valence-corrected chi connectivity index (χ2v) is 3.34. The Morgan fingerprint density at radius 2 is 1.17 bits per heavy atom. The molecular formula is MnO4W. The second-order valence-electron chi connectivity index (χ2n) is 0.408. The van der Waals surface area contributed by atoms with Crippen LogP contribution < -0.4 is 7.52 Å². The van der Waals surface area contributed by atoms with E-state index in [4.69, 9.17) is 14.3 Å². The summed E-state index contributed by atoms with van der Waals surface area (Å²) in [6.07, 6.45) is 0. The molecule has 4 nitrogen and oxygen atoms in total. The van der Waals surface area contributed by atoms with E-state index in [0.29, 0.717) is 0 Å². The Kier molecular flexibility index (Phi) is 4.66. The van der Waals surface area contributed by atoms with E-state index in [9.17, 15) is 0 Å². The summed E-state index contributed by atoms with van der Waals surface area (Å²) in [5.41, 5.74) is 0. The van der Waals surface area contributed by atoms with E-state index < -0.39 is 16.7 Å². The first kappa shape index (κ1) is 9.87. The zero-order chi connectivity index (χ0) is 4.50. The summed E-state index contributed by atoms with van der Waals surface area (Å²) < 4.78 is 34.6. The van der Waals surface area contributed by atoms with Crippen LogP contribution in [0.5, 0.6) is 0 Å². The van der Waals surface area contributed by atoms with Crippen molar-refractivity contribution in [1.82, 2.24) is 0 Å². The van der Waals surface area contributed by atoms with Crippen LogP contribution in [0.25, 0.3) is 0 Å². The molecule has 0 aromatic carbocycles. The van der Waals surface area contributed by atoms with E-state index in [1.165, 1.54) is 0 Å². The van der Waals surface area contributed by atoms with Crippen molar-refractivity contribution in [2.45, 2.75) is 0 Å². The molecule has 0 rings (SSSR count). The van der Waals surface area contributed by atoms with Gasteiger partial charge in [-0.05, 0) is 0 Å². The van der Waals surface area contributed by atoms with Crippen LogP contribution in [-0.4, -0.2) is 0 Å². The number of hydrogen-bond acceptors (Lipinski definition) is 4. The fraction of sp³-hybridized carbons (Fsp3) is 0. The molecule has 0 saturated heterocycles. The molecule has 0 amide bonds. The van der Waals surface area contributed by atoms with Crippen LogP contribution in [0, 0.1) is 0 Å². The van der Waals surface area contributed by atoms with E-state index in [1.807, 2.05) is 0 Å². The van der Waals surface area contributed by atoms with E-state index in [-0.39, 0.29) is 17.1 Å². The molecule has 0 aromatic heterocycles. The van der Waals surface area contributed by atoms with Crippen molar-refractivity contribution in [3.63, 3.8) is 0 Å². The molecule has 1 radical (unpaired) electrons. The first-order valence-corrected chi connectivity index (χ1v) is 5.46. The first-order valence-electron chi connectivity index (χ1n) is 0.667. The summed E-state index contributed by atoms with van der Waals surface area (Å²) in [6, 6.07) is 0. The zero-order valence-corrected chi connectivity index (χ0v) is 6.53. The summed E-state index contributed by atoms with van der Waals surface area (Å²) in [5.74, 6) is 0. The summed E-state index contributed by atoms with van der Waals surface area (Å²) in [7, 11) is 0. The molecule has 0 aliphatic carbocycles. The Bertz CT molecular complexity index is 90.7. The molecule has 0 heterocycles. The van der Waals surface area contributed by atoms with Crippen molar-refractivity contribution in [3.8, 4) is 0 Å². The predicted molar refractivity (Wildman–Crippen MR) is 1.37 cm³/mol. The van der Waals surface area contributed by atoms with Gasteiger partial charge in [-0.2, -0.15) is 0 Å². The van der Waals surface area contributed by atoms with Crippen LogP contribution in [0.4, 0.5) is 0 Å². The molecule has 0 N–H and O–H groups in total. The minimum atomic E-state index is -6.17. The first-order chi connectivity index (χ1) is 2.00. The number of hydrogen-bond donors (Lipinski definition) is 0. The Hall–Kier alpha value is 0.728. The Morgan fingerprint density at radius 1 is 1.17 bits per heavy atom. The van der Waals surface area contributed by atoms with Crippen LogP contribution in [0.3, 0.4) is 0 Å². The van der Waals surface area contributed by atoms with Crippen LogP contribution in [0.2, 0.25) is 0 Å². The molecule has 0 spiro atoms. The standard InChI is InChI=1S/Mn.4O.W/q+2;;;2*-1;. The summed E-state index contributed by atoms with van der Waals surface area (Å²) in [6.45, 7) is 0. The maximum atomic E-state index is 8.65. The van der Waals surface area contributed by atoms with Crippen LogP contribution >= 0.6 is 0 Å². The normalized spacial score (nSPS) is 9.67. The molecule has 0 aliphatic heterocycles. The predicted octanol–water partition coefficient (Wildman–Crippen LogP) is -2.62. The maximum absolute atomic E-state index is 8.65. The van der Waals surface area contributed by atoms with Crippen molar-refractivity contribution in [3.05, 3.63) is 0 Å². The fourth-order valence-electron chi connectivity index (χ4n) is 0. The fourth-order valence-corrected chi connectivity index (χ4v) is 0. The van der Waals surface area contributed by atoms with Crippen LogP contribution in [0.1, 0.15) is 0 Å². The molecular weight excluding hydrogens is 303 g/mol. The molecule has 0 atom stereocenters. The van der Waals surface area contributed by atoms with E-state index >= 15 is 0 Å². The van der Waals surface area contributed by atoms with E-state index in [1.54, 1.807) is 0 Å². The van der Waals surface area contributed by atoms with Crippen molar-refractivity contribution in [1.29, 1.82) is 0 Å². The average molecular weight is 303 g/mol. The molecule has 0 aromatic rings. The van der Waals surface area contributed by atoms with E-state index in [2.05, 4.69) is 0 Å². The summed E-state index contributed by atoms with van der Waals surface area (Å²) in [4.78, 5) is 0. The molecule has 37 valence electrons. The molecule has 0 aliphatic rings. The van der Waals surface area contributed by atoms with Crippen molar-refractivity contribution in [2.75, 3.05) is 0 Å². The van der Waals surface area contributed by atoms with Gasteiger partial charge < -0.3 is 0 Å². The van der Waals surface area contributed by atoms with Gasteiger partial charge in [-0.1, -0.05) is 0 Å². The van der Waals surface area contributed by atoms with Crippen molar-refractivity contribution in [2.24, 2.45) is 0 Å². The number of rotatable bonds is 0. The van der Waals surface area contributed by atoms with Gasteiger partial charge in [0.25, 0.3) is 0 Å². The molecule has 0 bridgehead atoms. The van der Waals surface area contributed by atoms with Crippen LogP contribution in [0.15, 0.2) is 0 Å². The van der Waals surface area contributed by atoms with Crippen molar-refractivity contribution >= 4 is 0 Å². The van der Waals surface area contributed by atoms with Crippen LogP contribution in [-0.2, 0) is 40.6 Å².